The summed E-state index contributed by atoms with van der Waals surface area (Å²) in [6.07, 6.45) is 0. The van der Waals surface area contributed by atoms with Gasteiger partial charge in [-0.1, -0.05) is 18.2 Å². The first kappa shape index (κ1) is 19.2. The number of carbonyl (C=O) groups is 1. The van der Waals surface area contributed by atoms with Crippen LogP contribution in [-0.2, 0) is 4.79 Å². The van der Waals surface area contributed by atoms with E-state index >= 15 is 0 Å². The average Bonchev–Trinajstić information content (AvgIpc) is 2.70. The van der Waals surface area contributed by atoms with Crippen LogP contribution < -0.4 is 15.0 Å². The zero-order chi connectivity index (χ0) is 19.4. The SMILES string of the molecule is COc1cccc(NC(=O)[C@H](C)N2CCN(c3cccc(C)c3C)CC2)c1. The Kier molecular flexibility index (Phi) is 6.01. The van der Waals surface area contributed by atoms with E-state index in [-0.39, 0.29) is 11.9 Å². The van der Waals surface area contributed by atoms with Gasteiger partial charge in [-0.15, -0.1) is 0 Å². The molecule has 27 heavy (non-hydrogen) atoms. The van der Waals surface area contributed by atoms with E-state index in [0.29, 0.717) is 0 Å². The number of hydrogen-bond donors (Lipinski definition) is 1. The van der Waals surface area contributed by atoms with Crippen LogP contribution in [0.2, 0.25) is 0 Å². The lowest BCUT2D eigenvalue weighted by Crippen LogP contribution is -2.53. The Hall–Kier alpha value is -2.53. The minimum absolute atomic E-state index is 0.0171. The molecule has 144 valence electrons. The molecule has 0 unspecified atom stereocenters. The van der Waals surface area contributed by atoms with Crippen LogP contribution in [0.3, 0.4) is 0 Å². The quantitative estimate of drug-likeness (QED) is 0.879. The van der Waals surface area contributed by atoms with E-state index in [4.69, 9.17) is 4.74 Å². The molecule has 3 rings (SSSR count). The van der Waals surface area contributed by atoms with Gasteiger partial charge in [-0.05, 0) is 50.1 Å². The van der Waals surface area contributed by atoms with Gasteiger partial charge in [-0.3, -0.25) is 9.69 Å². The Bertz CT molecular complexity index is 798. The third-order valence-corrected chi connectivity index (χ3v) is 5.50. The Labute approximate surface area is 161 Å². The zero-order valence-electron chi connectivity index (χ0n) is 16.7. The molecule has 1 aliphatic rings. The predicted molar refractivity (Wildman–Crippen MR) is 111 cm³/mol. The summed E-state index contributed by atoms with van der Waals surface area (Å²) >= 11 is 0. The van der Waals surface area contributed by atoms with Crippen molar-refractivity contribution < 1.29 is 9.53 Å². The summed E-state index contributed by atoms with van der Waals surface area (Å²) in [5, 5.41) is 3.00. The molecule has 1 amide bonds. The third kappa shape index (κ3) is 4.42. The maximum Gasteiger partial charge on any atom is 0.241 e. The van der Waals surface area contributed by atoms with Gasteiger partial charge in [0.2, 0.25) is 5.91 Å². The maximum absolute atomic E-state index is 12.7. The second-order valence-electron chi connectivity index (χ2n) is 7.14. The molecule has 1 aliphatic heterocycles. The standard InChI is InChI=1S/C22H29N3O2/c1-16-7-5-10-21(17(16)2)25-13-11-24(12-14-25)18(3)22(26)23-19-8-6-9-20(15-19)27-4/h5-10,15,18H,11-14H2,1-4H3,(H,23,26)/t18-/m0/s1. The second-order valence-corrected chi connectivity index (χ2v) is 7.14. The summed E-state index contributed by atoms with van der Waals surface area (Å²) in [6.45, 7) is 9.92. The van der Waals surface area contributed by atoms with Crippen molar-refractivity contribution in [1.29, 1.82) is 0 Å². The van der Waals surface area contributed by atoms with Crippen LogP contribution >= 0.6 is 0 Å². The first-order chi connectivity index (χ1) is 13.0. The van der Waals surface area contributed by atoms with Gasteiger partial charge < -0.3 is 15.0 Å². The third-order valence-electron chi connectivity index (χ3n) is 5.50. The molecule has 0 bridgehead atoms. The average molecular weight is 367 g/mol. The number of aryl methyl sites for hydroxylation is 1. The van der Waals surface area contributed by atoms with Crippen LogP contribution in [0.5, 0.6) is 5.75 Å². The molecule has 1 heterocycles. The number of carbonyl (C=O) groups excluding carboxylic acids is 1. The molecule has 2 aromatic rings. The number of piperazine rings is 1. The van der Waals surface area contributed by atoms with Gasteiger partial charge in [-0.25, -0.2) is 0 Å². The molecule has 0 aromatic heterocycles. The van der Waals surface area contributed by atoms with Crippen molar-refractivity contribution in [3.8, 4) is 5.75 Å². The number of benzene rings is 2. The van der Waals surface area contributed by atoms with Gasteiger partial charge in [0.05, 0.1) is 13.2 Å². The van der Waals surface area contributed by atoms with E-state index in [9.17, 15) is 4.79 Å². The van der Waals surface area contributed by atoms with Crippen LogP contribution in [0.1, 0.15) is 18.1 Å². The van der Waals surface area contributed by atoms with Gasteiger partial charge in [0, 0.05) is 43.6 Å². The monoisotopic (exact) mass is 367 g/mol. The van der Waals surface area contributed by atoms with E-state index in [1.807, 2.05) is 31.2 Å². The van der Waals surface area contributed by atoms with Crippen LogP contribution in [0.25, 0.3) is 0 Å². The lowest BCUT2D eigenvalue weighted by atomic mass is 10.1. The summed E-state index contributed by atoms with van der Waals surface area (Å²) in [5.41, 5.74) is 4.74. The summed E-state index contributed by atoms with van der Waals surface area (Å²) in [5.74, 6) is 0.756. The van der Waals surface area contributed by atoms with Crippen molar-refractivity contribution in [3.05, 3.63) is 53.6 Å². The minimum Gasteiger partial charge on any atom is -0.497 e. The van der Waals surface area contributed by atoms with Crippen molar-refractivity contribution in [2.75, 3.05) is 43.5 Å². The topological polar surface area (TPSA) is 44.8 Å². The normalized spacial score (nSPS) is 16.1. The first-order valence-corrected chi connectivity index (χ1v) is 9.49. The maximum atomic E-state index is 12.7. The van der Waals surface area contributed by atoms with Gasteiger partial charge >= 0.3 is 0 Å². The van der Waals surface area contributed by atoms with E-state index in [1.165, 1.54) is 16.8 Å². The lowest BCUT2D eigenvalue weighted by Gasteiger charge is -2.39. The highest BCUT2D eigenvalue weighted by atomic mass is 16.5. The molecule has 0 spiro atoms. The Morgan fingerprint density at radius 2 is 1.78 bits per heavy atom. The van der Waals surface area contributed by atoms with Crippen LogP contribution in [-0.4, -0.2) is 50.1 Å². The molecular weight excluding hydrogens is 338 g/mol. The van der Waals surface area contributed by atoms with Gasteiger partial charge in [-0.2, -0.15) is 0 Å². The molecule has 2 aromatic carbocycles. The minimum atomic E-state index is -0.169. The van der Waals surface area contributed by atoms with Gasteiger partial charge in [0.25, 0.3) is 0 Å². The number of rotatable bonds is 5. The number of ether oxygens (including phenoxy) is 1. The van der Waals surface area contributed by atoms with Crippen LogP contribution in [0.15, 0.2) is 42.5 Å². The van der Waals surface area contributed by atoms with E-state index < -0.39 is 0 Å². The molecule has 1 saturated heterocycles. The lowest BCUT2D eigenvalue weighted by molar-refractivity contribution is -0.120. The number of hydrogen-bond acceptors (Lipinski definition) is 4. The van der Waals surface area contributed by atoms with Crippen molar-refractivity contribution in [2.45, 2.75) is 26.8 Å². The molecule has 1 atom stereocenters. The van der Waals surface area contributed by atoms with Crippen LogP contribution in [0.4, 0.5) is 11.4 Å². The highest BCUT2D eigenvalue weighted by Gasteiger charge is 2.26. The molecule has 5 heteroatoms. The largest absolute Gasteiger partial charge is 0.497 e. The number of methoxy groups -OCH3 is 1. The molecule has 0 aliphatic carbocycles. The van der Waals surface area contributed by atoms with Crippen molar-refractivity contribution in [2.24, 2.45) is 0 Å². The predicted octanol–water partition coefficient (Wildman–Crippen LogP) is 3.46. The fraction of sp³-hybridized carbons (Fsp3) is 0.409. The van der Waals surface area contributed by atoms with E-state index in [2.05, 4.69) is 47.2 Å². The Morgan fingerprint density at radius 3 is 2.48 bits per heavy atom. The number of amides is 1. The van der Waals surface area contributed by atoms with Gasteiger partial charge in [0.15, 0.2) is 0 Å². The highest BCUT2D eigenvalue weighted by Crippen LogP contribution is 2.24. The van der Waals surface area contributed by atoms with Crippen LogP contribution in [0, 0.1) is 13.8 Å². The Morgan fingerprint density at radius 1 is 1.07 bits per heavy atom. The fourth-order valence-electron chi connectivity index (χ4n) is 3.54. The molecule has 1 N–H and O–H groups in total. The molecule has 5 nitrogen and oxygen atoms in total. The molecule has 0 radical (unpaired) electrons. The van der Waals surface area contributed by atoms with Crippen molar-refractivity contribution >= 4 is 17.3 Å². The van der Waals surface area contributed by atoms with E-state index in [0.717, 1.165) is 37.6 Å². The van der Waals surface area contributed by atoms with Crippen molar-refractivity contribution in [3.63, 3.8) is 0 Å². The first-order valence-electron chi connectivity index (χ1n) is 9.49. The summed E-state index contributed by atoms with van der Waals surface area (Å²) in [4.78, 5) is 17.3. The number of nitrogens with zero attached hydrogens (tertiary/aromatic N) is 2. The molecular formula is C22H29N3O2. The number of anilines is 2. The summed E-state index contributed by atoms with van der Waals surface area (Å²) < 4.78 is 5.22. The summed E-state index contributed by atoms with van der Waals surface area (Å²) in [6, 6.07) is 13.8. The number of nitrogens with one attached hydrogen (secondary N) is 1. The Balaban J connectivity index is 1.58. The zero-order valence-corrected chi connectivity index (χ0v) is 16.7. The smallest absolute Gasteiger partial charge is 0.241 e. The van der Waals surface area contributed by atoms with Gasteiger partial charge in [0.1, 0.15) is 5.75 Å². The second kappa shape index (κ2) is 8.44. The molecule has 0 saturated carbocycles. The van der Waals surface area contributed by atoms with Crippen molar-refractivity contribution in [1.82, 2.24) is 4.90 Å². The highest BCUT2D eigenvalue weighted by molar-refractivity contribution is 5.94. The molecule has 1 fully saturated rings. The summed E-state index contributed by atoms with van der Waals surface area (Å²) in [7, 11) is 1.62. The fourth-order valence-corrected chi connectivity index (χ4v) is 3.54. The van der Waals surface area contributed by atoms with E-state index in [1.54, 1.807) is 7.11 Å².